The third kappa shape index (κ3) is 5.82. The summed E-state index contributed by atoms with van der Waals surface area (Å²) < 4.78 is 5.08. The third-order valence-electron chi connectivity index (χ3n) is 5.11. The summed E-state index contributed by atoms with van der Waals surface area (Å²) in [5.74, 6) is 1.54. The molecular formula is C22H31N5O2. The molecule has 0 saturated carbocycles. The van der Waals surface area contributed by atoms with Gasteiger partial charge < -0.3 is 19.9 Å². The number of ether oxygens (including phenoxy) is 1. The fraction of sp³-hybridized carbons (Fsp3) is 0.500. The lowest BCUT2D eigenvalue weighted by Crippen LogP contribution is -2.42. The molecule has 1 fully saturated rings. The lowest BCUT2D eigenvalue weighted by molar-refractivity contribution is 0.0983. The highest BCUT2D eigenvalue weighted by atomic mass is 16.6. The van der Waals surface area contributed by atoms with Gasteiger partial charge >= 0.3 is 6.09 Å². The first kappa shape index (κ1) is 20.9. The molecule has 0 atom stereocenters. The van der Waals surface area contributed by atoms with E-state index in [1.165, 1.54) is 5.56 Å². The minimum atomic E-state index is -0.224. The fourth-order valence-corrected chi connectivity index (χ4v) is 3.49. The smallest absolute Gasteiger partial charge is 0.409 e. The summed E-state index contributed by atoms with van der Waals surface area (Å²) >= 11 is 0. The van der Waals surface area contributed by atoms with Gasteiger partial charge in [-0.15, -0.1) is 0 Å². The highest BCUT2D eigenvalue weighted by Crippen LogP contribution is 2.20. The Kier molecular flexibility index (Phi) is 7.27. The molecule has 156 valence electrons. The zero-order valence-electron chi connectivity index (χ0n) is 17.5. The van der Waals surface area contributed by atoms with Gasteiger partial charge in [-0.1, -0.05) is 30.3 Å². The number of amides is 1. The Balaban J connectivity index is 1.62. The maximum Gasteiger partial charge on any atom is 0.409 e. The summed E-state index contributed by atoms with van der Waals surface area (Å²) in [7, 11) is 0. The second-order valence-corrected chi connectivity index (χ2v) is 7.55. The van der Waals surface area contributed by atoms with E-state index >= 15 is 0 Å². The van der Waals surface area contributed by atoms with Gasteiger partial charge in [0.15, 0.2) is 0 Å². The standard InChI is InChI=1S/C22H31N5O2/c1-4-29-22(28)26-14-11-19(12-15-26)24-21-23-13-10-20(25-21)27(17(2)3)16-18-8-6-5-7-9-18/h5-10,13,17,19H,4,11-12,14-16H2,1-3H3,(H,23,24,25). The number of nitrogens with zero attached hydrogens (tertiary/aromatic N) is 4. The highest BCUT2D eigenvalue weighted by Gasteiger charge is 2.24. The number of anilines is 2. The number of nitrogens with one attached hydrogen (secondary N) is 1. The molecule has 1 aliphatic rings. The fourth-order valence-electron chi connectivity index (χ4n) is 3.49. The molecule has 1 N–H and O–H groups in total. The second-order valence-electron chi connectivity index (χ2n) is 7.55. The van der Waals surface area contributed by atoms with Crippen LogP contribution in [0.2, 0.25) is 0 Å². The molecule has 1 amide bonds. The molecule has 0 unspecified atom stereocenters. The summed E-state index contributed by atoms with van der Waals surface area (Å²) in [5.41, 5.74) is 1.25. The van der Waals surface area contributed by atoms with Gasteiger partial charge in [-0.05, 0) is 45.2 Å². The minimum Gasteiger partial charge on any atom is -0.450 e. The van der Waals surface area contributed by atoms with E-state index in [1.807, 2.05) is 19.1 Å². The van der Waals surface area contributed by atoms with E-state index in [0.29, 0.717) is 31.7 Å². The molecule has 2 heterocycles. The first-order valence-electron chi connectivity index (χ1n) is 10.4. The molecule has 0 spiro atoms. The predicted octanol–water partition coefficient (Wildman–Crippen LogP) is 3.92. The van der Waals surface area contributed by atoms with E-state index in [9.17, 15) is 4.79 Å². The average Bonchev–Trinajstić information content (AvgIpc) is 2.73. The monoisotopic (exact) mass is 397 g/mol. The molecule has 0 aliphatic carbocycles. The van der Waals surface area contributed by atoms with Gasteiger partial charge in [-0.3, -0.25) is 0 Å². The quantitative estimate of drug-likeness (QED) is 0.763. The number of carbonyl (C=O) groups excluding carboxylic acids is 1. The molecule has 1 saturated heterocycles. The summed E-state index contributed by atoms with van der Waals surface area (Å²) in [4.78, 5) is 25.1. The third-order valence-corrected chi connectivity index (χ3v) is 5.11. The van der Waals surface area contributed by atoms with Crippen molar-refractivity contribution in [3.63, 3.8) is 0 Å². The van der Waals surface area contributed by atoms with Crippen LogP contribution in [0.4, 0.5) is 16.6 Å². The molecule has 1 aromatic heterocycles. The first-order valence-corrected chi connectivity index (χ1v) is 10.4. The van der Waals surface area contributed by atoms with Gasteiger partial charge in [0.2, 0.25) is 5.95 Å². The molecular weight excluding hydrogens is 366 g/mol. The number of likely N-dealkylation sites (tertiary alicyclic amines) is 1. The number of carbonyl (C=O) groups is 1. The lowest BCUT2D eigenvalue weighted by atomic mass is 10.1. The van der Waals surface area contributed by atoms with E-state index in [-0.39, 0.29) is 12.1 Å². The summed E-state index contributed by atoms with van der Waals surface area (Å²) in [6.07, 6.45) is 3.28. The second kappa shape index (κ2) is 10.1. The van der Waals surface area contributed by atoms with Crippen LogP contribution in [0.1, 0.15) is 39.2 Å². The Labute approximate surface area is 173 Å². The Morgan fingerprint density at radius 1 is 1.24 bits per heavy atom. The Hall–Kier alpha value is -2.83. The van der Waals surface area contributed by atoms with Gasteiger partial charge in [0.25, 0.3) is 0 Å². The molecule has 0 radical (unpaired) electrons. The average molecular weight is 398 g/mol. The van der Waals surface area contributed by atoms with Crippen LogP contribution in [0.3, 0.4) is 0 Å². The Bertz CT molecular complexity index is 776. The molecule has 29 heavy (non-hydrogen) atoms. The number of benzene rings is 1. The van der Waals surface area contributed by atoms with E-state index in [0.717, 1.165) is 25.2 Å². The molecule has 1 aliphatic heterocycles. The van der Waals surface area contributed by atoms with Gasteiger partial charge in [-0.2, -0.15) is 4.98 Å². The van der Waals surface area contributed by atoms with Crippen LogP contribution in [0, 0.1) is 0 Å². The van der Waals surface area contributed by atoms with Crippen molar-refractivity contribution >= 4 is 17.9 Å². The SMILES string of the molecule is CCOC(=O)N1CCC(Nc2nccc(N(Cc3ccccc3)C(C)C)n2)CC1. The predicted molar refractivity (Wildman–Crippen MR) is 115 cm³/mol. The molecule has 1 aromatic carbocycles. The zero-order valence-corrected chi connectivity index (χ0v) is 17.5. The molecule has 7 nitrogen and oxygen atoms in total. The van der Waals surface area contributed by atoms with Crippen molar-refractivity contribution in [2.75, 3.05) is 29.9 Å². The van der Waals surface area contributed by atoms with Crippen molar-refractivity contribution in [3.8, 4) is 0 Å². The summed E-state index contributed by atoms with van der Waals surface area (Å²) in [6, 6.07) is 12.9. The molecule has 7 heteroatoms. The molecule has 3 rings (SSSR count). The molecule has 0 bridgehead atoms. The Morgan fingerprint density at radius 2 is 1.97 bits per heavy atom. The van der Waals surface area contributed by atoms with E-state index in [1.54, 1.807) is 11.1 Å². The zero-order chi connectivity index (χ0) is 20.6. The van der Waals surface area contributed by atoms with Crippen molar-refractivity contribution in [2.24, 2.45) is 0 Å². The normalized spacial score (nSPS) is 14.7. The van der Waals surface area contributed by atoms with Crippen LogP contribution in [0.5, 0.6) is 0 Å². The molecule has 2 aromatic rings. The summed E-state index contributed by atoms with van der Waals surface area (Å²) in [6.45, 7) is 8.74. The lowest BCUT2D eigenvalue weighted by Gasteiger charge is -2.32. The van der Waals surface area contributed by atoms with Crippen molar-refractivity contribution < 1.29 is 9.53 Å². The van der Waals surface area contributed by atoms with Crippen LogP contribution >= 0.6 is 0 Å². The van der Waals surface area contributed by atoms with E-state index in [4.69, 9.17) is 9.72 Å². The number of piperidine rings is 1. The number of hydrogen-bond donors (Lipinski definition) is 1. The van der Waals surface area contributed by atoms with Gasteiger partial charge in [-0.25, -0.2) is 9.78 Å². The topological polar surface area (TPSA) is 70.6 Å². The maximum absolute atomic E-state index is 11.8. The highest BCUT2D eigenvalue weighted by molar-refractivity contribution is 5.67. The van der Waals surface area contributed by atoms with Gasteiger partial charge in [0.05, 0.1) is 6.61 Å². The Morgan fingerprint density at radius 3 is 2.62 bits per heavy atom. The first-order chi connectivity index (χ1) is 14.1. The summed E-state index contributed by atoms with van der Waals surface area (Å²) in [5, 5.41) is 3.44. The van der Waals surface area contributed by atoms with Gasteiger partial charge in [0.1, 0.15) is 5.82 Å². The maximum atomic E-state index is 11.8. The van der Waals surface area contributed by atoms with E-state index < -0.39 is 0 Å². The van der Waals surface area contributed by atoms with Crippen molar-refractivity contribution in [2.45, 2.75) is 52.2 Å². The number of aromatic nitrogens is 2. The van der Waals surface area contributed by atoms with Crippen LogP contribution in [-0.4, -0.2) is 52.7 Å². The van der Waals surface area contributed by atoms with Crippen LogP contribution in [-0.2, 0) is 11.3 Å². The number of hydrogen-bond acceptors (Lipinski definition) is 6. The van der Waals surface area contributed by atoms with Crippen molar-refractivity contribution in [1.29, 1.82) is 0 Å². The van der Waals surface area contributed by atoms with Crippen molar-refractivity contribution in [1.82, 2.24) is 14.9 Å². The minimum absolute atomic E-state index is 0.224. The largest absolute Gasteiger partial charge is 0.450 e. The van der Waals surface area contributed by atoms with Crippen LogP contribution < -0.4 is 10.2 Å². The van der Waals surface area contributed by atoms with Crippen LogP contribution in [0.25, 0.3) is 0 Å². The number of rotatable bonds is 7. The van der Waals surface area contributed by atoms with Crippen LogP contribution in [0.15, 0.2) is 42.6 Å². The van der Waals surface area contributed by atoms with E-state index in [2.05, 4.69) is 53.3 Å². The van der Waals surface area contributed by atoms with Crippen molar-refractivity contribution in [3.05, 3.63) is 48.2 Å². The van der Waals surface area contributed by atoms with Gasteiger partial charge in [0, 0.05) is 37.9 Å².